The fourth-order valence-electron chi connectivity index (χ4n) is 0.945. The van der Waals surface area contributed by atoms with Gasteiger partial charge in [-0.2, -0.15) is 0 Å². The van der Waals surface area contributed by atoms with Crippen LogP contribution in [0, 0.1) is 0 Å². The van der Waals surface area contributed by atoms with E-state index in [-0.39, 0.29) is 0 Å². The molecule has 2 nitrogen and oxygen atoms in total. The van der Waals surface area contributed by atoms with E-state index in [1.165, 1.54) is 6.42 Å². The predicted octanol–water partition coefficient (Wildman–Crippen LogP) is 0.597. The molecule has 1 saturated heterocycles. The van der Waals surface area contributed by atoms with Crippen LogP contribution in [0.25, 0.3) is 0 Å². The second-order valence-electron chi connectivity index (χ2n) is 2.27. The van der Waals surface area contributed by atoms with Crippen molar-refractivity contribution in [1.29, 1.82) is 0 Å². The summed E-state index contributed by atoms with van der Waals surface area (Å²) in [5.41, 5.74) is 0. The molecule has 0 saturated carbocycles. The molecule has 8 heavy (non-hydrogen) atoms. The molecule has 0 unspecified atom stereocenters. The van der Waals surface area contributed by atoms with Gasteiger partial charge in [0.1, 0.15) is 0 Å². The molecule has 0 spiro atoms. The van der Waals surface area contributed by atoms with Crippen LogP contribution in [0.3, 0.4) is 0 Å². The van der Waals surface area contributed by atoms with Crippen molar-refractivity contribution >= 4 is 19.0 Å². The van der Waals surface area contributed by atoms with Gasteiger partial charge >= 0.3 is 54.1 Å². The topological polar surface area (TPSA) is 40.5 Å². The van der Waals surface area contributed by atoms with Gasteiger partial charge in [0.25, 0.3) is 0 Å². The summed E-state index contributed by atoms with van der Waals surface area (Å²) < 4.78 is 19.7. The zero-order valence-electron chi connectivity index (χ0n) is 4.84. The number of hydrogen-bond donors (Lipinski definition) is 2. The molecule has 0 aliphatic carbocycles. The van der Waals surface area contributed by atoms with Gasteiger partial charge in [0.05, 0.1) is 0 Å². The van der Waals surface area contributed by atoms with Crippen molar-refractivity contribution in [3.63, 3.8) is 0 Å². The van der Waals surface area contributed by atoms with Gasteiger partial charge in [0, 0.05) is 0 Å². The molecule has 2 N–H and O–H groups in total. The molecule has 0 bridgehead atoms. The molecule has 50 valence electrons. The van der Waals surface area contributed by atoms with Gasteiger partial charge in [-0.15, -0.1) is 0 Å². The minimum absolute atomic E-state index is 0.752. The van der Waals surface area contributed by atoms with Crippen LogP contribution in [0.2, 0.25) is 8.94 Å². The first kappa shape index (κ1) is 6.82. The molecule has 0 amide bonds. The van der Waals surface area contributed by atoms with Crippen molar-refractivity contribution in [1.82, 2.24) is 0 Å². The average molecular weight is 232 g/mol. The molecule has 1 aliphatic heterocycles. The Labute approximate surface area is 54.4 Å². The number of hydrogen-bond acceptors (Lipinski definition) is 2. The Morgan fingerprint density at radius 2 is 1.38 bits per heavy atom. The van der Waals surface area contributed by atoms with Crippen LogP contribution >= 0.6 is 0 Å². The molecule has 0 aromatic rings. The van der Waals surface area contributed by atoms with E-state index in [4.69, 9.17) is 6.94 Å². The Morgan fingerprint density at radius 1 is 0.875 bits per heavy atom. The summed E-state index contributed by atoms with van der Waals surface area (Å²) in [6.45, 7) is 0. The fraction of sp³-hybridized carbons (Fsp3) is 1.00. The first-order chi connectivity index (χ1) is 3.71. The van der Waals surface area contributed by atoms with Crippen molar-refractivity contribution in [2.75, 3.05) is 0 Å². The maximum absolute atomic E-state index is 9.12. The van der Waals surface area contributed by atoms with Gasteiger partial charge in [-0.3, -0.25) is 0 Å². The zero-order chi connectivity index (χ0) is 6.04. The molecule has 3 heteroatoms. The summed E-state index contributed by atoms with van der Waals surface area (Å²) in [5.74, 6) is 0. The first-order valence-corrected chi connectivity index (χ1v) is 8.32. The van der Waals surface area contributed by atoms with Crippen LogP contribution in [-0.4, -0.2) is 25.9 Å². The molecule has 1 aliphatic rings. The van der Waals surface area contributed by atoms with Gasteiger partial charge in [-0.25, -0.2) is 0 Å². The number of rotatable bonds is 0. The Balaban J connectivity index is 2.33. The molecule has 0 atom stereocenters. The predicted molar refractivity (Wildman–Crippen MR) is 33.7 cm³/mol. The van der Waals surface area contributed by atoms with E-state index in [0.717, 1.165) is 21.8 Å². The van der Waals surface area contributed by atoms with Crippen LogP contribution in [0.4, 0.5) is 0 Å². The third kappa shape index (κ3) is 1.91. The summed E-state index contributed by atoms with van der Waals surface area (Å²) in [6.07, 6.45) is 3.30. The zero-order valence-corrected chi connectivity index (χ0v) is 7.17. The van der Waals surface area contributed by atoms with Crippen molar-refractivity contribution in [3.05, 3.63) is 0 Å². The third-order valence-corrected chi connectivity index (χ3v) is 6.82. The Morgan fingerprint density at radius 3 is 1.62 bits per heavy atom. The van der Waals surface area contributed by atoms with Crippen LogP contribution in [0.1, 0.15) is 19.3 Å². The monoisotopic (exact) mass is 234 g/mol. The summed E-state index contributed by atoms with van der Waals surface area (Å²) in [5, 5.41) is 0. The van der Waals surface area contributed by atoms with Crippen LogP contribution in [-0.2, 0) is 0 Å². The van der Waals surface area contributed by atoms with Gasteiger partial charge in [-0.05, 0) is 0 Å². The van der Waals surface area contributed by atoms with Crippen LogP contribution in [0.15, 0.2) is 0 Å². The van der Waals surface area contributed by atoms with E-state index < -0.39 is 19.0 Å². The van der Waals surface area contributed by atoms with Gasteiger partial charge in [0.2, 0.25) is 0 Å². The van der Waals surface area contributed by atoms with Gasteiger partial charge in [0.15, 0.2) is 0 Å². The molecular formula is C5H12O2Te. The van der Waals surface area contributed by atoms with Crippen molar-refractivity contribution in [2.45, 2.75) is 28.2 Å². The molecular weight excluding hydrogens is 220 g/mol. The second kappa shape index (κ2) is 2.53. The van der Waals surface area contributed by atoms with E-state index in [0.29, 0.717) is 0 Å². The molecule has 1 rings (SSSR count). The van der Waals surface area contributed by atoms with E-state index in [9.17, 15) is 0 Å². The maximum atomic E-state index is 9.12. The third-order valence-electron chi connectivity index (χ3n) is 1.44. The Kier molecular flexibility index (Phi) is 2.16. The van der Waals surface area contributed by atoms with E-state index in [1.54, 1.807) is 0 Å². The SMILES string of the molecule is O[Te]1(O)CCCCC1. The molecule has 1 fully saturated rings. The van der Waals surface area contributed by atoms with Crippen molar-refractivity contribution < 1.29 is 6.94 Å². The van der Waals surface area contributed by atoms with E-state index in [2.05, 4.69) is 0 Å². The standard InChI is InChI=1S/C5H12O2Te/c6-8(7)4-2-1-3-5-8/h6-7H,1-5H2. The van der Waals surface area contributed by atoms with Crippen LogP contribution in [0.5, 0.6) is 0 Å². The molecule has 0 aromatic heterocycles. The van der Waals surface area contributed by atoms with E-state index in [1.807, 2.05) is 0 Å². The summed E-state index contributed by atoms with van der Waals surface area (Å²) >= 11 is -3.06. The fourth-order valence-corrected chi connectivity index (χ4v) is 5.33. The summed E-state index contributed by atoms with van der Waals surface area (Å²) in [7, 11) is 0. The quantitative estimate of drug-likeness (QED) is 0.600. The summed E-state index contributed by atoms with van der Waals surface area (Å²) in [6, 6.07) is 0. The Hall–Kier alpha value is 0.710. The van der Waals surface area contributed by atoms with Gasteiger partial charge in [-0.1, -0.05) is 0 Å². The Bertz CT molecular complexity index is 74.5. The van der Waals surface area contributed by atoms with Crippen molar-refractivity contribution in [3.8, 4) is 0 Å². The molecule has 0 radical (unpaired) electrons. The van der Waals surface area contributed by atoms with Crippen LogP contribution < -0.4 is 0 Å². The van der Waals surface area contributed by atoms with Crippen molar-refractivity contribution in [2.24, 2.45) is 0 Å². The van der Waals surface area contributed by atoms with E-state index >= 15 is 0 Å². The second-order valence-corrected chi connectivity index (χ2v) is 9.18. The normalized spacial score (nSPS) is 31.8. The van der Waals surface area contributed by atoms with Gasteiger partial charge < -0.3 is 0 Å². The summed E-state index contributed by atoms with van der Waals surface area (Å²) in [4.78, 5) is 0. The molecule has 1 heterocycles. The first-order valence-electron chi connectivity index (χ1n) is 2.94. The molecule has 0 aromatic carbocycles. The average Bonchev–Trinajstić information content (AvgIpc) is 1.65. The minimum atomic E-state index is -3.06.